The number of aliphatic hydroxyl groups excluding tert-OH is 5. The predicted molar refractivity (Wildman–Crippen MR) is 118 cm³/mol. The molecule has 13 heteroatoms. The maximum Gasteiger partial charge on any atom is 0.247 e. The Kier molecular flexibility index (Phi) is 7.64. The fraction of sp³-hybridized carbons (Fsp3) is 0.565. The number of phenols is 1. The van der Waals surface area contributed by atoms with Crippen LogP contribution in [-0.4, -0.2) is 110 Å². The number of ether oxygens (including phenoxy) is 4. The molecule has 2 heterocycles. The molecule has 3 aliphatic rings. The van der Waals surface area contributed by atoms with Crippen molar-refractivity contribution < 1.29 is 59.2 Å². The van der Waals surface area contributed by atoms with Gasteiger partial charge in [-0.2, -0.15) is 0 Å². The zero-order chi connectivity index (χ0) is 26.3. The Morgan fingerprint density at radius 1 is 0.972 bits per heavy atom. The maximum atomic E-state index is 12.7. The van der Waals surface area contributed by atoms with Crippen LogP contribution < -0.4 is 10.1 Å². The first-order chi connectivity index (χ1) is 17.0. The Balaban J connectivity index is 1.41. The van der Waals surface area contributed by atoms with Crippen LogP contribution >= 0.6 is 0 Å². The van der Waals surface area contributed by atoms with E-state index in [1.807, 2.05) is 0 Å². The number of phenolic OH excluding ortho intramolecular Hbond substituents is 1. The fourth-order valence-electron chi connectivity index (χ4n) is 4.46. The molecular weight excluding hydrogens is 482 g/mol. The van der Waals surface area contributed by atoms with E-state index in [1.165, 1.54) is 38.1 Å². The molecule has 36 heavy (non-hydrogen) atoms. The Morgan fingerprint density at radius 2 is 1.64 bits per heavy atom. The summed E-state index contributed by atoms with van der Waals surface area (Å²) in [6, 6.07) is 2.90. The first kappa shape index (κ1) is 26.4. The van der Waals surface area contributed by atoms with E-state index in [4.69, 9.17) is 18.9 Å². The summed E-state index contributed by atoms with van der Waals surface area (Å²) in [5.74, 6) is -1.59. The van der Waals surface area contributed by atoms with Crippen molar-refractivity contribution >= 4 is 17.8 Å². The number of carbonyl (C=O) groups excluding carboxylic acids is 2. The van der Waals surface area contributed by atoms with E-state index in [9.17, 15) is 40.2 Å². The van der Waals surface area contributed by atoms with Gasteiger partial charge in [-0.3, -0.25) is 9.59 Å². The number of hydrogen-bond donors (Lipinski definition) is 7. The Hall–Kier alpha value is -2.62. The molecule has 7 N–H and O–H groups in total. The van der Waals surface area contributed by atoms with Gasteiger partial charge in [-0.15, -0.1) is 0 Å². The average Bonchev–Trinajstić information content (AvgIpc) is 3.43. The van der Waals surface area contributed by atoms with Crippen LogP contribution in [0, 0.1) is 0 Å². The van der Waals surface area contributed by atoms with Crippen LogP contribution in [0.2, 0.25) is 0 Å². The summed E-state index contributed by atoms with van der Waals surface area (Å²) < 4.78 is 21.1. The molecule has 0 bridgehead atoms. The zero-order valence-electron chi connectivity index (χ0n) is 19.4. The summed E-state index contributed by atoms with van der Waals surface area (Å²) in [6.07, 6.45) is -10.2. The molecule has 1 saturated carbocycles. The zero-order valence-corrected chi connectivity index (χ0v) is 19.4. The molecule has 1 amide bonds. The molecule has 0 aromatic heterocycles. The highest BCUT2D eigenvalue weighted by Crippen LogP contribution is 2.33. The first-order valence-corrected chi connectivity index (χ1v) is 11.3. The number of benzene rings is 1. The number of amides is 1. The number of nitrogens with one attached hydrogen (secondary N) is 1. The third-order valence-electron chi connectivity index (χ3n) is 6.49. The number of fused-ring (bicyclic) bond motifs is 1. The van der Waals surface area contributed by atoms with Crippen molar-refractivity contribution in [2.24, 2.45) is 0 Å². The molecule has 1 aromatic carbocycles. The molecule has 0 spiro atoms. The van der Waals surface area contributed by atoms with Gasteiger partial charge in [0.25, 0.3) is 0 Å². The second kappa shape index (κ2) is 10.4. The van der Waals surface area contributed by atoms with Crippen molar-refractivity contribution in [2.75, 3.05) is 6.79 Å². The van der Waals surface area contributed by atoms with Crippen LogP contribution in [0.5, 0.6) is 11.5 Å². The van der Waals surface area contributed by atoms with Gasteiger partial charge in [-0.05, 0) is 37.6 Å². The van der Waals surface area contributed by atoms with E-state index in [0.717, 1.165) is 0 Å². The first-order valence-electron chi connectivity index (χ1n) is 11.3. The van der Waals surface area contributed by atoms with E-state index in [0.29, 0.717) is 5.56 Å². The molecule has 13 nitrogen and oxygen atoms in total. The molecule has 4 rings (SSSR count). The molecule has 0 radical (unpaired) electrons. The standard InChI is InChI=1S/C23H29NO12/c1-8(22(32)24-13-14(27)16(29)21-20(15(13)28)33-7-34-21)5-10-3-4-12(11(26)6-10)35-23-18(31)17(30)19(36-23)9(2)25/h3-6,13-21,23,26-31H,7H2,1-2H3,(H,24,32)/b8-5+/t13-,14+,15-,16+,17+,18-,19-,20+,21-,23-/m1/s1. The quantitative estimate of drug-likeness (QED) is 0.199. The van der Waals surface area contributed by atoms with Crippen molar-refractivity contribution in [1.82, 2.24) is 5.32 Å². The maximum absolute atomic E-state index is 12.7. The van der Waals surface area contributed by atoms with Gasteiger partial charge in [0.2, 0.25) is 12.2 Å². The molecule has 198 valence electrons. The number of carbonyl (C=O) groups is 2. The number of hydrogen-bond acceptors (Lipinski definition) is 12. The number of rotatable bonds is 6. The molecule has 1 aliphatic carbocycles. The minimum Gasteiger partial charge on any atom is -0.504 e. The third-order valence-corrected chi connectivity index (χ3v) is 6.49. The lowest BCUT2D eigenvalue weighted by atomic mass is 9.83. The minimum atomic E-state index is -1.51. The van der Waals surface area contributed by atoms with Gasteiger partial charge in [0.1, 0.15) is 55.6 Å². The van der Waals surface area contributed by atoms with Gasteiger partial charge < -0.3 is 54.9 Å². The lowest BCUT2D eigenvalue weighted by Gasteiger charge is -2.41. The Morgan fingerprint density at radius 3 is 2.25 bits per heavy atom. The van der Waals surface area contributed by atoms with Crippen LogP contribution in [0.3, 0.4) is 0 Å². The fourth-order valence-corrected chi connectivity index (χ4v) is 4.46. The molecule has 1 aromatic rings. The molecule has 2 saturated heterocycles. The average molecular weight is 511 g/mol. The number of aliphatic hydroxyl groups is 5. The number of aromatic hydroxyl groups is 1. The molecular formula is C23H29NO12. The summed E-state index contributed by atoms with van der Waals surface area (Å²) in [7, 11) is 0. The minimum absolute atomic E-state index is 0.0921. The third kappa shape index (κ3) is 4.96. The van der Waals surface area contributed by atoms with Gasteiger partial charge in [0.15, 0.2) is 17.3 Å². The lowest BCUT2D eigenvalue weighted by Crippen LogP contribution is -2.67. The van der Waals surface area contributed by atoms with Crippen LogP contribution in [-0.2, 0) is 23.8 Å². The largest absolute Gasteiger partial charge is 0.504 e. The predicted octanol–water partition coefficient (Wildman–Crippen LogP) is -2.47. The van der Waals surface area contributed by atoms with Crippen molar-refractivity contribution in [3.8, 4) is 11.5 Å². The summed E-state index contributed by atoms with van der Waals surface area (Å²) in [5, 5.41) is 63.9. The normalized spacial score (nSPS) is 38.5. The van der Waals surface area contributed by atoms with Crippen LogP contribution in [0.15, 0.2) is 23.8 Å². The Bertz CT molecular complexity index is 1030. The monoisotopic (exact) mass is 511 g/mol. The molecule has 2 aliphatic heterocycles. The molecule has 10 atom stereocenters. The SMILES string of the molecule is CC(=O)[C@H]1O[C@@H](Oc2ccc(/C=C(\C)C(=O)N[C@@H]3[C@H](O)[C@H](O)[C@H]4OCO[C@H]4[C@@H]3O)cc2O)[C@H](O)[C@@H]1O. The van der Waals surface area contributed by atoms with Crippen LogP contribution in [0.4, 0.5) is 0 Å². The number of ketones is 1. The summed E-state index contributed by atoms with van der Waals surface area (Å²) >= 11 is 0. The summed E-state index contributed by atoms with van der Waals surface area (Å²) in [5.41, 5.74) is 0.545. The Labute approximate surface area is 205 Å². The van der Waals surface area contributed by atoms with E-state index in [2.05, 4.69) is 5.32 Å². The van der Waals surface area contributed by atoms with Gasteiger partial charge in [0.05, 0.1) is 6.04 Å². The highest BCUT2D eigenvalue weighted by atomic mass is 16.7. The van der Waals surface area contributed by atoms with Gasteiger partial charge in [0, 0.05) is 5.57 Å². The van der Waals surface area contributed by atoms with Crippen LogP contribution in [0.1, 0.15) is 19.4 Å². The summed E-state index contributed by atoms with van der Waals surface area (Å²) in [6.45, 7) is 2.52. The van der Waals surface area contributed by atoms with Crippen molar-refractivity contribution in [2.45, 2.75) is 75.0 Å². The topological polar surface area (TPSA) is 204 Å². The van der Waals surface area contributed by atoms with Crippen molar-refractivity contribution in [1.29, 1.82) is 0 Å². The van der Waals surface area contributed by atoms with Gasteiger partial charge >= 0.3 is 0 Å². The summed E-state index contributed by atoms with van der Waals surface area (Å²) in [4.78, 5) is 24.2. The highest BCUT2D eigenvalue weighted by Gasteiger charge is 2.53. The van der Waals surface area contributed by atoms with Crippen LogP contribution in [0.25, 0.3) is 6.08 Å². The van der Waals surface area contributed by atoms with Crippen molar-refractivity contribution in [3.05, 3.63) is 29.3 Å². The second-order valence-electron chi connectivity index (χ2n) is 9.04. The van der Waals surface area contributed by atoms with E-state index < -0.39 is 72.9 Å². The highest BCUT2D eigenvalue weighted by molar-refractivity contribution is 5.97. The van der Waals surface area contributed by atoms with E-state index in [1.54, 1.807) is 0 Å². The number of Topliss-reactive ketones (excluding diaryl/α,β-unsaturated/α-hetero) is 1. The second-order valence-corrected chi connectivity index (χ2v) is 9.04. The van der Waals surface area contributed by atoms with Crippen molar-refractivity contribution in [3.63, 3.8) is 0 Å². The lowest BCUT2D eigenvalue weighted by molar-refractivity contribution is -0.155. The molecule has 3 fully saturated rings. The van der Waals surface area contributed by atoms with E-state index >= 15 is 0 Å². The molecule has 0 unspecified atom stereocenters. The smallest absolute Gasteiger partial charge is 0.247 e. The van der Waals surface area contributed by atoms with Gasteiger partial charge in [-0.1, -0.05) is 6.07 Å². The van der Waals surface area contributed by atoms with Gasteiger partial charge in [-0.25, -0.2) is 0 Å². The van der Waals surface area contributed by atoms with E-state index in [-0.39, 0.29) is 23.9 Å².